The average molecular weight is 217 g/mol. The SMILES string of the molecule is Nc1nc(C2CCCC(F)(F)CC2)no1. The van der Waals surface area contributed by atoms with Gasteiger partial charge in [-0.05, 0) is 19.3 Å². The fraction of sp³-hybridized carbons (Fsp3) is 0.778. The highest BCUT2D eigenvalue weighted by atomic mass is 19.3. The summed E-state index contributed by atoms with van der Waals surface area (Å²) in [7, 11) is 0. The van der Waals surface area contributed by atoms with E-state index in [9.17, 15) is 8.78 Å². The number of hydrogen-bond acceptors (Lipinski definition) is 4. The smallest absolute Gasteiger partial charge is 0.318 e. The molecule has 0 bridgehead atoms. The summed E-state index contributed by atoms with van der Waals surface area (Å²) in [4.78, 5) is 3.88. The van der Waals surface area contributed by atoms with Crippen LogP contribution in [-0.2, 0) is 0 Å². The summed E-state index contributed by atoms with van der Waals surface area (Å²) >= 11 is 0. The number of anilines is 1. The Kier molecular flexibility index (Phi) is 2.58. The van der Waals surface area contributed by atoms with Crippen LogP contribution in [0.1, 0.15) is 43.8 Å². The minimum Gasteiger partial charge on any atom is -0.351 e. The molecule has 0 aliphatic heterocycles. The number of halogens is 2. The van der Waals surface area contributed by atoms with E-state index in [1.807, 2.05) is 0 Å². The van der Waals surface area contributed by atoms with Crippen molar-refractivity contribution >= 4 is 6.01 Å². The van der Waals surface area contributed by atoms with Gasteiger partial charge in [-0.1, -0.05) is 5.16 Å². The van der Waals surface area contributed by atoms with Crippen LogP contribution in [0.3, 0.4) is 0 Å². The third-order valence-corrected chi connectivity index (χ3v) is 2.78. The second-order valence-electron chi connectivity index (χ2n) is 3.97. The number of nitrogen functional groups attached to an aromatic ring is 1. The van der Waals surface area contributed by atoms with Crippen molar-refractivity contribution in [1.29, 1.82) is 0 Å². The molecule has 0 saturated heterocycles. The van der Waals surface area contributed by atoms with Gasteiger partial charge in [0.15, 0.2) is 5.82 Å². The van der Waals surface area contributed by atoms with Crippen molar-refractivity contribution in [1.82, 2.24) is 10.1 Å². The number of aromatic nitrogens is 2. The van der Waals surface area contributed by atoms with E-state index in [-0.39, 0.29) is 24.8 Å². The Hall–Kier alpha value is -1.20. The average Bonchev–Trinajstić information content (AvgIpc) is 2.49. The lowest BCUT2D eigenvalue weighted by Crippen LogP contribution is -2.13. The Labute approximate surface area is 85.8 Å². The molecule has 1 aliphatic rings. The van der Waals surface area contributed by atoms with Gasteiger partial charge in [-0.2, -0.15) is 4.98 Å². The summed E-state index contributed by atoms with van der Waals surface area (Å²) in [6.45, 7) is 0. The summed E-state index contributed by atoms with van der Waals surface area (Å²) in [5.74, 6) is -2.12. The molecule has 1 unspecified atom stereocenters. The molecule has 1 aromatic heterocycles. The van der Waals surface area contributed by atoms with E-state index >= 15 is 0 Å². The molecule has 84 valence electrons. The standard InChI is InChI=1S/C9H13F2N3O/c10-9(11)4-1-2-6(3-5-9)7-13-8(12)15-14-7/h6H,1-5H2,(H2,12,13,14). The molecule has 1 atom stereocenters. The first-order chi connectivity index (χ1) is 7.07. The van der Waals surface area contributed by atoms with Gasteiger partial charge >= 0.3 is 6.01 Å². The highest BCUT2D eigenvalue weighted by Gasteiger charge is 2.34. The minimum absolute atomic E-state index is 0.000933. The van der Waals surface area contributed by atoms with Crippen LogP contribution < -0.4 is 5.73 Å². The van der Waals surface area contributed by atoms with E-state index in [1.54, 1.807) is 0 Å². The number of alkyl halides is 2. The van der Waals surface area contributed by atoms with E-state index in [1.165, 1.54) is 0 Å². The number of nitrogens with two attached hydrogens (primary N) is 1. The van der Waals surface area contributed by atoms with Gasteiger partial charge in [0.25, 0.3) is 0 Å². The Balaban J connectivity index is 2.05. The van der Waals surface area contributed by atoms with Crippen molar-refractivity contribution in [2.24, 2.45) is 0 Å². The van der Waals surface area contributed by atoms with Gasteiger partial charge in [-0.15, -0.1) is 0 Å². The molecule has 1 aliphatic carbocycles. The quantitative estimate of drug-likeness (QED) is 0.733. The topological polar surface area (TPSA) is 64.9 Å². The van der Waals surface area contributed by atoms with Crippen molar-refractivity contribution in [2.75, 3.05) is 5.73 Å². The zero-order chi connectivity index (χ0) is 10.9. The largest absolute Gasteiger partial charge is 0.351 e. The van der Waals surface area contributed by atoms with Gasteiger partial charge in [0.05, 0.1) is 0 Å². The molecule has 2 rings (SSSR count). The first kappa shape index (κ1) is 10.3. The zero-order valence-corrected chi connectivity index (χ0v) is 8.25. The Morgan fingerprint density at radius 2 is 2.13 bits per heavy atom. The first-order valence-electron chi connectivity index (χ1n) is 5.04. The molecule has 0 amide bonds. The molecular weight excluding hydrogens is 204 g/mol. The Morgan fingerprint density at radius 3 is 2.80 bits per heavy atom. The van der Waals surface area contributed by atoms with Crippen LogP contribution in [0.15, 0.2) is 4.52 Å². The fourth-order valence-corrected chi connectivity index (χ4v) is 1.93. The first-order valence-corrected chi connectivity index (χ1v) is 5.04. The molecule has 6 heteroatoms. The van der Waals surface area contributed by atoms with Crippen molar-refractivity contribution in [2.45, 2.75) is 43.9 Å². The number of rotatable bonds is 1. The molecule has 15 heavy (non-hydrogen) atoms. The second-order valence-corrected chi connectivity index (χ2v) is 3.97. The minimum atomic E-state index is -2.54. The van der Waals surface area contributed by atoms with E-state index in [2.05, 4.69) is 14.7 Å². The maximum absolute atomic E-state index is 13.1. The normalized spacial score (nSPS) is 26.1. The molecule has 1 saturated carbocycles. The van der Waals surface area contributed by atoms with Crippen LogP contribution in [0, 0.1) is 0 Å². The highest BCUT2D eigenvalue weighted by Crippen LogP contribution is 2.37. The lowest BCUT2D eigenvalue weighted by atomic mass is 10.00. The molecule has 1 aromatic rings. The molecular formula is C9H13F2N3O. The van der Waals surface area contributed by atoms with Crippen LogP contribution in [-0.4, -0.2) is 16.1 Å². The molecule has 0 radical (unpaired) electrons. The van der Waals surface area contributed by atoms with Crippen LogP contribution in [0.2, 0.25) is 0 Å². The summed E-state index contributed by atoms with van der Waals surface area (Å²) < 4.78 is 30.8. The lowest BCUT2D eigenvalue weighted by molar-refractivity contribution is -0.0142. The second kappa shape index (κ2) is 3.75. The molecule has 1 fully saturated rings. The lowest BCUT2D eigenvalue weighted by Gasteiger charge is -2.12. The van der Waals surface area contributed by atoms with Crippen LogP contribution in [0.4, 0.5) is 14.8 Å². The van der Waals surface area contributed by atoms with Crippen molar-refractivity contribution in [3.63, 3.8) is 0 Å². The molecule has 2 N–H and O–H groups in total. The van der Waals surface area contributed by atoms with E-state index < -0.39 is 5.92 Å². The predicted molar refractivity (Wildman–Crippen MR) is 49.5 cm³/mol. The maximum Gasteiger partial charge on any atom is 0.318 e. The number of hydrogen-bond donors (Lipinski definition) is 1. The molecule has 4 nitrogen and oxygen atoms in total. The van der Waals surface area contributed by atoms with Gasteiger partial charge in [0.1, 0.15) is 0 Å². The van der Waals surface area contributed by atoms with E-state index in [0.717, 1.165) is 0 Å². The zero-order valence-electron chi connectivity index (χ0n) is 8.25. The van der Waals surface area contributed by atoms with Crippen LogP contribution in [0.5, 0.6) is 0 Å². The summed E-state index contributed by atoms with van der Waals surface area (Å²) in [5.41, 5.74) is 5.29. The summed E-state index contributed by atoms with van der Waals surface area (Å²) in [6, 6.07) is 0.000933. The summed E-state index contributed by atoms with van der Waals surface area (Å²) in [5, 5.41) is 3.67. The molecule has 0 aromatic carbocycles. The van der Waals surface area contributed by atoms with E-state index in [4.69, 9.17) is 5.73 Å². The van der Waals surface area contributed by atoms with Crippen molar-refractivity contribution in [3.8, 4) is 0 Å². The van der Waals surface area contributed by atoms with Gasteiger partial charge < -0.3 is 10.3 Å². The maximum atomic E-state index is 13.1. The number of nitrogens with zero attached hydrogens (tertiary/aromatic N) is 2. The Morgan fingerprint density at radius 1 is 1.33 bits per heavy atom. The molecule has 0 spiro atoms. The third-order valence-electron chi connectivity index (χ3n) is 2.78. The fourth-order valence-electron chi connectivity index (χ4n) is 1.93. The van der Waals surface area contributed by atoms with Gasteiger partial charge in [-0.3, -0.25) is 0 Å². The van der Waals surface area contributed by atoms with Gasteiger partial charge in [0.2, 0.25) is 5.92 Å². The van der Waals surface area contributed by atoms with Crippen LogP contribution in [0.25, 0.3) is 0 Å². The Bertz CT molecular complexity index is 340. The van der Waals surface area contributed by atoms with Crippen molar-refractivity contribution < 1.29 is 13.3 Å². The monoisotopic (exact) mass is 217 g/mol. The predicted octanol–water partition coefficient (Wildman–Crippen LogP) is 2.33. The van der Waals surface area contributed by atoms with Gasteiger partial charge in [0, 0.05) is 18.8 Å². The van der Waals surface area contributed by atoms with E-state index in [0.29, 0.717) is 25.1 Å². The van der Waals surface area contributed by atoms with Crippen LogP contribution >= 0.6 is 0 Å². The van der Waals surface area contributed by atoms with Gasteiger partial charge in [-0.25, -0.2) is 8.78 Å². The molecule has 1 heterocycles. The third kappa shape index (κ3) is 2.43. The summed E-state index contributed by atoms with van der Waals surface area (Å²) in [6.07, 6.45) is 1.41. The van der Waals surface area contributed by atoms with Crippen molar-refractivity contribution in [3.05, 3.63) is 5.82 Å². The highest BCUT2D eigenvalue weighted by molar-refractivity contribution is 5.10.